The normalized spacial score (nSPS) is 25.6. The van der Waals surface area contributed by atoms with Crippen molar-refractivity contribution in [3.05, 3.63) is 36.4 Å². The second-order valence-electron chi connectivity index (χ2n) is 8.73. The minimum Gasteiger partial charge on any atom is -0.381 e. The number of nitrogens with zero attached hydrogens (tertiary/aromatic N) is 5. The quantitative estimate of drug-likeness (QED) is 0.776. The predicted octanol–water partition coefficient (Wildman–Crippen LogP) is 3.35. The van der Waals surface area contributed by atoms with Crippen LogP contribution in [0.2, 0.25) is 0 Å². The Morgan fingerprint density at radius 2 is 2.00 bits per heavy atom. The number of pyridine rings is 1. The van der Waals surface area contributed by atoms with E-state index in [0.717, 1.165) is 56.5 Å². The van der Waals surface area contributed by atoms with Crippen molar-refractivity contribution in [3.8, 4) is 11.1 Å². The van der Waals surface area contributed by atoms with E-state index >= 15 is 0 Å². The topological polar surface area (TPSA) is 54.4 Å². The molecule has 2 atom stereocenters. The molecule has 5 rings (SSSR count). The van der Waals surface area contributed by atoms with Gasteiger partial charge < -0.3 is 14.5 Å². The zero-order valence-corrected chi connectivity index (χ0v) is 17.2. The van der Waals surface area contributed by atoms with Crippen molar-refractivity contribution < 1.29 is 4.74 Å². The van der Waals surface area contributed by atoms with E-state index in [1.807, 2.05) is 24.7 Å². The molecule has 6 nitrogen and oxygen atoms in total. The Balaban J connectivity index is 1.43. The minimum atomic E-state index is 0.450. The second-order valence-corrected chi connectivity index (χ2v) is 8.73. The molecule has 0 spiro atoms. The third kappa shape index (κ3) is 4.28. The number of anilines is 1. The fourth-order valence-corrected chi connectivity index (χ4v) is 5.05. The number of ether oxygens (including phenoxy) is 1. The van der Waals surface area contributed by atoms with E-state index in [4.69, 9.17) is 14.7 Å². The lowest BCUT2D eigenvalue weighted by Crippen LogP contribution is -2.38. The average molecular weight is 394 g/mol. The average Bonchev–Trinajstić information content (AvgIpc) is 3.49. The maximum absolute atomic E-state index is 5.60. The molecule has 0 bridgehead atoms. The minimum absolute atomic E-state index is 0.450. The Hall–Kier alpha value is -2.05. The van der Waals surface area contributed by atoms with Gasteiger partial charge in [0.2, 0.25) is 5.95 Å². The largest absolute Gasteiger partial charge is 0.381 e. The summed E-state index contributed by atoms with van der Waals surface area (Å²) in [7, 11) is 0. The number of rotatable bonds is 5. The molecule has 2 aromatic rings. The maximum Gasteiger partial charge on any atom is 0.225 e. The Labute approximate surface area is 173 Å². The van der Waals surface area contributed by atoms with Crippen LogP contribution in [0, 0.1) is 5.92 Å². The van der Waals surface area contributed by atoms with Crippen LogP contribution in [0.15, 0.2) is 30.7 Å². The smallest absolute Gasteiger partial charge is 0.225 e. The van der Waals surface area contributed by atoms with Crippen molar-refractivity contribution in [3.63, 3.8) is 0 Å². The maximum atomic E-state index is 5.60. The molecule has 0 aliphatic carbocycles. The van der Waals surface area contributed by atoms with Gasteiger partial charge in [-0.05, 0) is 50.6 Å². The van der Waals surface area contributed by atoms with Crippen LogP contribution in [0.25, 0.3) is 11.1 Å². The van der Waals surface area contributed by atoms with Crippen molar-refractivity contribution in [1.29, 1.82) is 0 Å². The summed E-state index contributed by atoms with van der Waals surface area (Å²) < 4.78 is 5.60. The Morgan fingerprint density at radius 1 is 1.07 bits per heavy atom. The van der Waals surface area contributed by atoms with Crippen LogP contribution < -0.4 is 4.90 Å². The molecule has 29 heavy (non-hydrogen) atoms. The Bertz CT molecular complexity index is 802. The SMILES string of the molecule is c1cncc(-c2cnc(N3CCCC3)nc2[C@@H]2CCCN(C[C@@H]3CCOC3)C2)c1. The van der Waals surface area contributed by atoms with Gasteiger partial charge >= 0.3 is 0 Å². The third-order valence-corrected chi connectivity index (χ3v) is 6.60. The molecule has 3 saturated heterocycles. The van der Waals surface area contributed by atoms with Gasteiger partial charge in [-0.1, -0.05) is 6.07 Å². The fraction of sp³-hybridized carbons (Fsp3) is 0.609. The summed E-state index contributed by atoms with van der Waals surface area (Å²) in [5.74, 6) is 2.05. The van der Waals surface area contributed by atoms with Gasteiger partial charge in [0, 0.05) is 68.4 Å². The first kappa shape index (κ1) is 18.9. The lowest BCUT2D eigenvalue weighted by atomic mass is 9.89. The summed E-state index contributed by atoms with van der Waals surface area (Å²) >= 11 is 0. The summed E-state index contributed by atoms with van der Waals surface area (Å²) in [6.07, 6.45) is 11.9. The molecule has 2 aromatic heterocycles. The van der Waals surface area contributed by atoms with Crippen LogP contribution in [-0.2, 0) is 4.74 Å². The first-order valence-corrected chi connectivity index (χ1v) is 11.2. The van der Waals surface area contributed by atoms with Crippen LogP contribution in [0.5, 0.6) is 0 Å². The highest BCUT2D eigenvalue weighted by atomic mass is 16.5. The fourth-order valence-electron chi connectivity index (χ4n) is 5.05. The van der Waals surface area contributed by atoms with E-state index in [0.29, 0.717) is 11.8 Å². The monoisotopic (exact) mass is 393 g/mol. The van der Waals surface area contributed by atoms with Gasteiger partial charge in [-0.25, -0.2) is 9.97 Å². The molecular weight excluding hydrogens is 362 g/mol. The molecule has 0 aromatic carbocycles. The standard InChI is InChI=1S/C23H31N5O/c1-2-11-28(10-1)23-25-14-21(19-5-3-8-24-13-19)22(26-23)20-6-4-9-27(16-20)15-18-7-12-29-17-18/h3,5,8,13-14,18,20H,1-2,4,6-7,9-12,15-17H2/t18-,20+/m0/s1. The third-order valence-electron chi connectivity index (χ3n) is 6.60. The predicted molar refractivity (Wildman–Crippen MR) is 114 cm³/mol. The molecule has 154 valence electrons. The van der Waals surface area contributed by atoms with E-state index in [1.165, 1.54) is 44.3 Å². The summed E-state index contributed by atoms with van der Waals surface area (Å²) in [5, 5.41) is 0. The van der Waals surface area contributed by atoms with E-state index in [2.05, 4.69) is 20.9 Å². The van der Waals surface area contributed by atoms with Crippen LogP contribution >= 0.6 is 0 Å². The van der Waals surface area contributed by atoms with Gasteiger partial charge in [-0.3, -0.25) is 4.98 Å². The van der Waals surface area contributed by atoms with Crippen LogP contribution in [0.3, 0.4) is 0 Å². The van der Waals surface area contributed by atoms with Crippen molar-refractivity contribution >= 4 is 5.95 Å². The first-order valence-electron chi connectivity index (χ1n) is 11.2. The molecule has 6 heteroatoms. The molecule has 3 fully saturated rings. The number of likely N-dealkylation sites (tertiary alicyclic amines) is 1. The lowest BCUT2D eigenvalue weighted by molar-refractivity contribution is 0.149. The Kier molecular flexibility index (Phi) is 5.72. The highest BCUT2D eigenvalue weighted by Gasteiger charge is 2.29. The van der Waals surface area contributed by atoms with E-state index < -0.39 is 0 Å². The lowest BCUT2D eigenvalue weighted by Gasteiger charge is -2.34. The highest BCUT2D eigenvalue weighted by Crippen LogP contribution is 2.34. The molecule has 0 saturated carbocycles. The summed E-state index contributed by atoms with van der Waals surface area (Å²) in [5.41, 5.74) is 3.48. The van der Waals surface area contributed by atoms with Gasteiger partial charge in [0.1, 0.15) is 0 Å². The molecule has 3 aliphatic heterocycles. The molecule has 5 heterocycles. The van der Waals surface area contributed by atoms with Gasteiger partial charge in [-0.15, -0.1) is 0 Å². The zero-order chi connectivity index (χ0) is 19.5. The van der Waals surface area contributed by atoms with Gasteiger partial charge in [0.05, 0.1) is 12.3 Å². The van der Waals surface area contributed by atoms with Crippen molar-refractivity contribution in [2.45, 2.75) is 38.0 Å². The molecule has 0 radical (unpaired) electrons. The first-order chi connectivity index (χ1) is 14.4. The van der Waals surface area contributed by atoms with Crippen molar-refractivity contribution in [1.82, 2.24) is 19.9 Å². The molecule has 0 N–H and O–H groups in total. The molecule has 0 unspecified atom stereocenters. The second kappa shape index (κ2) is 8.76. The van der Waals surface area contributed by atoms with Crippen LogP contribution in [0.1, 0.15) is 43.7 Å². The molecular formula is C23H31N5O. The van der Waals surface area contributed by atoms with E-state index in [1.54, 1.807) is 0 Å². The van der Waals surface area contributed by atoms with Gasteiger partial charge in [0.25, 0.3) is 0 Å². The molecule has 0 amide bonds. The summed E-state index contributed by atoms with van der Waals surface area (Å²) in [6, 6.07) is 4.13. The molecule has 3 aliphatic rings. The van der Waals surface area contributed by atoms with E-state index in [-0.39, 0.29) is 0 Å². The van der Waals surface area contributed by atoms with Crippen LogP contribution in [0.4, 0.5) is 5.95 Å². The number of aromatic nitrogens is 3. The zero-order valence-electron chi connectivity index (χ0n) is 17.2. The number of piperidine rings is 1. The van der Waals surface area contributed by atoms with Crippen molar-refractivity contribution in [2.75, 3.05) is 50.8 Å². The van der Waals surface area contributed by atoms with E-state index in [9.17, 15) is 0 Å². The number of hydrogen-bond acceptors (Lipinski definition) is 6. The highest BCUT2D eigenvalue weighted by molar-refractivity contribution is 5.65. The van der Waals surface area contributed by atoms with Gasteiger partial charge in [-0.2, -0.15) is 0 Å². The number of hydrogen-bond donors (Lipinski definition) is 0. The van der Waals surface area contributed by atoms with Crippen LogP contribution in [-0.4, -0.2) is 65.8 Å². The summed E-state index contributed by atoms with van der Waals surface area (Å²) in [4.78, 5) is 19.2. The summed E-state index contributed by atoms with van der Waals surface area (Å²) in [6.45, 7) is 7.43. The van der Waals surface area contributed by atoms with Crippen molar-refractivity contribution in [2.24, 2.45) is 5.92 Å². The van der Waals surface area contributed by atoms with Gasteiger partial charge in [0.15, 0.2) is 0 Å². The Morgan fingerprint density at radius 3 is 2.79 bits per heavy atom.